The van der Waals surface area contributed by atoms with Gasteiger partial charge in [0.1, 0.15) is 5.75 Å². The molecule has 1 aromatic rings. The van der Waals surface area contributed by atoms with Crippen molar-refractivity contribution >= 4 is 23.4 Å². The van der Waals surface area contributed by atoms with Gasteiger partial charge in [0.15, 0.2) is 0 Å². The van der Waals surface area contributed by atoms with Gasteiger partial charge in [-0.25, -0.2) is 0 Å². The Labute approximate surface area is 115 Å². The van der Waals surface area contributed by atoms with Gasteiger partial charge in [-0.15, -0.1) is 11.8 Å². The third-order valence-corrected chi connectivity index (χ3v) is 4.06. The lowest BCUT2D eigenvalue weighted by atomic mass is 9.94. The van der Waals surface area contributed by atoms with Crippen molar-refractivity contribution in [1.29, 1.82) is 0 Å². The first kappa shape index (κ1) is 14.2. The molecule has 0 radical (unpaired) electrons. The normalized spacial score (nSPS) is 16.7. The molecule has 1 aliphatic heterocycles. The molecular formula is C13H17NO4S. The highest BCUT2D eigenvalue weighted by atomic mass is 32.2. The van der Waals surface area contributed by atoms with Gasteiger partial charge >= 0.3 is 0 Å². The fourth-order valence-electron chi connectivity index (χ4n) is 1.85. The fourth-order valence-corrected chi connectivity index (χ4v) is 2.74. The van der Waals surface area contributed by atoms with Gasteiger partial charge < -0.3 is 20.6 Å². The van der Waals surface area contributed by atoms with Gasteiger partial charge in [0, 0.05) is 11.3 Å². The van der Waals surface area contributed by atoms with E-state index < -0.39 is 11.7 Å². The Kier molecular flexibility index (Phi) is 3.75. The summed E-state index contributed by atoms with van der Waals surface area (Å²) in [7, 11) is 0. The van der Waals surface area contributed by atoms with E-state index >= 15 is 0 Å². The highest BCUT2D eigenvalue weighted by Gasteiger charge is 2.27. The molecule has 19 heavy (non-hydrogen) atoms. The number of benzene rings is 1. The number of aliphatic hydroxyl groups is 2. The first-order valence-electron chi connectivity index (χ1n) is 5.96. The Morgan fingerprint density at radius 1 is 1.47 bits per heavy atom. The second-order valence-corrected chi connectivity index (χ2v) is 6.21. The van der Waals surface area contributed by atoms with Crippen LogP contribution < -0.4 is 5.32 Å². The summed E-state index contributed by atoms with van der Waals surface area (Å²) in [5.74, 6) is 0.284. The summed E-state index contributed by atoms with van der Waals surface area (Å²) < 4.78 is 0. The van der Waals surface area contributed by atoms with E-state index in [9.17, 15) is 20.1 Å². The SMILES string of the molecule is CC(C)(O)[C@@H](O)Cc1cc(O)cc2c1NC(=O)CS2. The Morgan fingerprint density at radius 2 is 2.16 bits per heavy atom. The Balaban J connectivity index is 2.35. The molecule has 1 aromatic carbocycles. The molecule has 1 amide bonds. The third kappa shape index (κ3) is 3.20. The van der Waals surface area contributed by atoms with Crippen LogP contribution in [-0.2, 0) is 11.2 Å². The predicted molar refractivity (Wildman–Crippen MR) is 73.5 cm³/mol. The summed E-state index contributed by atoms with van der Waals surface area (Å²) >= 11 is 1.34. The van der Waals surface area contributed by atoms with Crippen LogP contribution in [0.4, 0.5) is 5.69 Å². The summed E-state index contributed by atoms with van der Waals surface area (Å²) in [6, 6.07) is 3.08. The molecule has 0 aromatic heterocycles. The Bertz CT molecular complexity index is 510. The van der Waals surface area contributed by atoms with Crippen LogP contribution >= 0.6 is 11.8 Å². The number of aliphatic hydroxyl groups excluding tert-OH is 1. The number of aromatic hydroxyl groups is 1. The van der Waals surface area contributed by atoms with Gasteiger partial charge in [0.25, 0.3) is 0 Å². The number of amides is 1. The van der Waals surface area contributed by atoms with Crippen molar-refractivity contribution in [3.05, 3.63) is 17.7 Å². The molecule has 104 valence electrons. The van der Waals surface area contributed by atoms with Crippen LogP contribution in [0.2, 0.25) is 0 Å². The standard InChI is InChI=1S/C13H17NO4S/c1-13(2,18)10(16)4-7-3-8(15)5-9-12(7)14-11(17)6-19-9/h3,5,10,15-16,18H,4,6H2,1-2H3,(H,14,17)/t10-/m0/s1. The molecule has 0 saturated heterocycles. The van der Waals surface area contributed by atoms with Gasteiger partial charge in [-0.05, 0) is 31.5 Å². The summed E-state index contributed by atoms with van der Waals surface area (Å²) in [5, 5.41) is 32.1. The molecule has 0 spiro atoms. The van der Waals surface area contributed by atoms with Gasteiger partial charge in [0.05, 0.1) is 23.1 Å². The molecule has 0 unspecified atom stereocenters. The minimum Gasteiger partial charge on any atom is -0.508 e. The molecule has 0 bridgehead atoms. The van der Waals surface area contributed by atoms with Crippen molar-refractivity contribution in [3.8, 4) is 5.75 Å². The first-order valence-corrected chi connectivity index (χ1v) is 6.95. The van der Waals surface area contributed by atoms with Crippen LogP contribution in [0.3, 0.4) is 0 Å². The zero-order chi connectivity index (χ0) is 14.2. The average Bonchev–Trinajstić information content (AvgIpc) is 2.28. The monoisotopic (exact) mass is 283 g/mol. The molecule has 0 aliphatic carbocycles. The topological polar surface area (TPSA) is 89.8 Å². The van der Waals surface area contributed by atoms with E-state index in [1.165, 1.54) is 31.7 Å². The minimum atomic E-state index is -1.25. The number of rotatable bonds is 3. The number of nitrogens with one attached hydrogen (secondary N) is 1. The van der Waals surface area contributed by atoms with E-state index in [2.05, 4.69) is 5.32 Å². The molecular weight excluding hydrogens is 266 g/mol. The van der Waals surface area contributed by atoms with E-state index in [1.54, 1.807) is 6.07 Å². The van der Waals surface area contributed by atoms with Crippen LogP contribution in [0.1, 0.15) is 19.4 Å². The molecule has 6 heteroatoms. The number of carbonyl (C=O) groups is 1. The molecule has 0 saturated carbocycles. The van der Waals surface area contributed by atoms with Crippen molar-refractivity contribution < 1.29 is 20.1 Å². The molecule has 4 N–H and O–H groups in total. The number of carbonyl (C=O) groups excluding carboxylic acids is 1. The van der Waals surface area contributed by atoms with Crippen molar-refractivity contribution in [1.82, 2.24) is 0 Å². The first-order chi connectivity index (χ1) is 8.77. The fraction of sp³-hybridized carbons (Fsp3) is 0.462. The smallest absolute Gasteiger partial charge is 0.234 e. The van der Waals surface area contributed by atoms with Gasteiger partial charge in [-0.2, -0.15) is 0 Å². The van der Waals surface area contributed by atoms with Crippen LogP contribution in [0.15, 0.2) is 17.0 Å². The maximum atomic E-state index is 11.4. The van der Waals surface area contributed by atoms with Gasteiger partial charge in [0.2, 0.25) is 5.91 Å². The quantitative estimate of drug-likeness (QED) is 0.624. The zero-order valence-electron chi connectivity index (χ0n) is 10.8. The minimum absolute atomic E-state index is 0.0837. The largest absolute Gasteiger partial charge is 0.508 e. The van der Waals surface area contributed by atoms with E-state index in [1.807, 2.05) is 0 Å². The lowest BCUT2D eigenvalue weighted by Gasteiger charge is -2.27. The second kappa shape index (κ2) is 5.03. The molecule has 1 heterocycles. The average molecular weight is 283 g/mol. The summed E-state index contributed by atoms with van der Waals surface area (Å²) in [6.45, 7) is 3.03. The maximum Gasteiger partial charge on any atom is 0.234 e. The Morgan fingerprint density at radius 3 is 2.79 bits per heavy atom. The Hall–Kier alpha value is -1.24. The van der Waals surface area contributed by atoms with Gasteiger partial charge in [-0.1, -0.05) is 0 Å². The number of thioether (sulfide) groups is 1. The number of fused-ring (bicyclic) bond motifs is 1. The van der Waals surface area contributed by atoms with E-state index in [4.69, 9.17) is 0 Å². The van der Waals surface area contributed by atoms with E-state index in [0.717, 1.165) is 4.90 Å². The van der Waals surface area contributed by atoms with Crippen LogP contribution in [0.25, 0.3) is 0 Å². The van der Waals surface area contributed by atoms with Crippen molar-refractivity contribution in [3.63, 3.8) is 0 Å². The lowest BCUT2D eigenvalue weighted by Crippen LogP contribution is -2.37. The second-order valence-electron chi connectivity index (χ2n) is 5.19. The third-order valence-electron chi connectivity index (χ3n) is 3.02. The highest BCUT2D eigenvalue weighted by Crippen LogP contribution is 2.38. The number of hydrogen-bond donors (Lipinski definition) is 4. The molecule has 2 rings (SSSR count). The predicted octanol–water partition coefficient (Wildman–Crippen LogP) is 1.11. The number of phenols is 1. The number of phenolic OH excluding ortho intramolecular Hbond substituents is 1. The lowest BCUT2D eigenvalue weighted by molar-refractivity contribution is -0.113. The molecule has 0 fully saturated rings. The van der Waals surface area contributed by atoms with E-state index in [-0.39, 0.29) is 18.1 Å². The molecule has 1 aliphatic rings. The van der Waals surface area contributed by atoms with E-state index in [0.29, 0.717) is 17.0 Å². The maximum absolute atomic E-state index is 11.4. The highest BCUT2D eigenvalue weighted by molar-refractivity contribution is 8.00. The molecule has 5 nitrogen and oxygen atoms in total. The van der Waals surface area contributed by atoms with Crippen LogP contribution in [0.5, 0.6) is 5.75 Å². The zero-order valence-corrected chi connectivity index (χ0v) is 11.6. The summed E-state index contributed by atoms with van der Waals surface area (Å²) in [4.78, 5) is 12.2. The van der Waals surface area contributed by atoms with Crippen molar-refractivity contribution in [2.45, 2.75) is 36.9 Å². The number of anilines is 1. The van der Waals surface area contributed by atoms with Gasteiger partial charge in [-0.3, -0.25) is 4.79 Å². The van der Waals surface area contributed by atoms with Crippen molar-refractivity contribution in [2.24, 2.45) is 0 Å². The molecule has 1 atom stereocenters. The van der Waals surface area contributed by atoms with Crippen LogP contribution in [0, 0.1) is 0 Å². The summed E-state index contributed by atoms with van der Waals surface area (Å²) in [5.41, 5.74) is -0.0167. The van der Waals surface area contributed by atoms with Crippen molar-refractivity contribution in [2.75, 3.05) is 11.1 Å². The number of hydrogen-bond acceptors (Lipinski definition) is 5. The van der Waals surface area contributed by atoms with Crippen LogP contribution in [-0.4, -0.2) is 38.7 Å². The summed E-state index contributed by atoms with van der Waals surface area (Å²) in [6.07, 6.45) is -0.830.